The van der Waals surface area contributed by atoms with E-state index >= 15 is 0 Å². The number of benzene rings is 2. The molecule has 1 atom stereocenters. The van der Waals surface area contributed by atoms with Gasteiger partial charge in [-0.3, -0.25) is 24.5 Å². The van der Waals surface area contributed by atoms with Crippen LogP contribution < -0.4 is 10.6 Å². The summed E-state index contributed by atoms with van der Waals surface area (Å²) in [6.45, 7) is 7.65. The van der Waals surface area contributed by atoms with Crippen LogP contribution in [0.25, 0.3) is 0 Å². The molecule has 4 amide bonds. The lowest BCUT2D eigenvalue weighted by atomic mass is 9.87. The largest absolute Gasteiger partial charge is 0.343 e. The van der Waals surface area contributed by atoms with Crippen molar-refractivity contribution >= 4 is 40.4 Å². The molecule has 0 radical (unpaired) electrons. The van der Waals surface area contributed by atoms with Crippen molar-refractivity contribution < 1.29 is 19.2 Å². The van der Waals surface area contributed by atoms with Crippen LogP contribution >= 0.6 is 11.8 Å². The zero-order chi connectivity index (χ0) is 25.2. The highest BCUT2D eigenvalue weighted by Crippen LogP contribution is 2.30. The Morgan fingerprint density at radius 1 is 1.06 bits per heavy atom. The third kappa shape index (κ3) is 6.11. The monoisotopic (exact) mass is 493 g/mol. The van der Waals surface area contributed by atoms with Crippen molar-refractivity contribution in [3.63, 3.8) is 0 Å². The molecule has 7 nitrogen and oxygen atoms in total. The molecule has 1 unspecified atom stereocenters. The van der Waals surface area contributed by atoms with Gasteiger partial charge in [0.05, 0.1) is 0 Å². The Morgan fingerprint density at radius 2 is 1.74 bits per heavy atom. The SMILES string of the molecule is CC(C)(C)c1cccc(NC(=O)c2ccc(C3CCN(C(=O)CC4SC(=O)NC4=O)CC3)cc2)c1. The van der Waals surface area contributed by atoms with Gasteiger partial charge < -0.3 is 10.2 Å². The van der Waals surface area contributed by atoms with Crippen molar-refractivity contribution in [2.75, 3.05) is 18.4 Å². The Hall–Kier alpha value is -3.13. The van der Waals surface area contributed by atoms with E-state index in [-0.39, 0.29) is 34.8 Å². The average molecular weight is 494 g/mol. The number of hydrogen-bond acceptors (Lipinski definition) is 5. The number of hydrogen-bond donors (Lipinski definition) is 2. The smallest absolute Gasteiger partial charge is 0.286 e. The third-order valence-corrected chi connectivity index (χ3v) is 7.59. The topological polar surface area (TPSA) is 95.6 Å². The van der Waals surface area contributed by atoms with Crippen LogP contribution in [0.2, 0.25) is 0 Å². The van der Waals surface area contributed by atoms with Crippen molar-refractivity contribution in [2.24, 2.45) is 0 Å². The summed E-state index contributed by atoms with van der Waals surface area (Å²) >= 11 is 0.889. The maximum Gasteiger partial charge on any atom is 0.286 e. The molecule has 4 rings (SSSR count). The second-order valence-electron chi connectivity index (χ2n) is 10.1. The summed E-state index contributed by atoms with van der Waals surface area (Å²) in [5, 5.41) is 4.20. The molecular formula is C27H31N3O4S. The number of amides is 4. The van der Waals surface area contributed by atoms with Gasteiger partial charge in [0.15, 0.2) is 0 Å². The predicted molar refractivity (Wildman–Crippen MR) is 138 cm³/mol. The number of carbonyl (C=O) groups excluding carboxylic acids is 4. The lowest BCUT2D eigenvalue weighted by Crippen LogP contribution is -2.40. The molecule has 0 aliphatic carbocycles. The van der Waals surface area contributed by atoms with Gasteiger partial charge in [0.2, 0.25) is 11.8 Å². The first-order valence-electron chi connectivity index (χ1n) is 11.9. The van der Waals surface area contributed by atoms with Crippen LogP contribution in [0.5, 0.6) is 0 Å². The molecule has 2 aliphatic heterocycles. The lowest BCUT2D eigenvalue weighted by Gasteiger charge is -2.32. The number of piperidine rings is 1. The van der Waals surface area contributed by atoms with Gasteiger partial charge in [-0.15, -0.1) is 0 Å². The Balaban J connectivity index is 1.30. The molecule has 2 fully saturated rings. The highest BCUT2D eigenvalue weighted by molar-refractivity contribution is 8.15. The summed E-state index contributed by atoms with van der Waals surface area (Å²) in [5.74, 6) is -0.302. The number of thioether (sulfide) groups is 1. The van der Waals surface area contributed by atoms with E-state index in [2.05, 4.69) is 37.5 Å². The van der Waals surface area contributed by atoms with Gasteiger partial charge in [-0.1, -0.05) is 56.8 Å². The minimum absolute atomic E-state index is 0.00567. The number of nitrogens with zero attached hydrogens (tertiary/aromatic N) is 1. The second-order valence-corrected chi connectivity index (χ2v) is 11.3. The highest BCUT2D eigenvalue weighted by Gasteiger charge is 2.35. The Bertz CT molecular complexity index is 1130. The number of anilines is 1. The summed E-state index contributed by atoms with van der Waals surface area (Å²) in [5.41, 5.74) is 3.70. The second kappa shape index (κ2) is 10.2. The van der Waals surface area contributed by atoms with E-state index in [1.54, 1.807) is 4.90 Å². The van der Waals surface area contributed by atoms with Crippen molar-refractivity contribution in [1.82, 2.24) is 10.2 Å². The zero-order valence-electron chi connectivity index (χ0n) is 20.3. The first-order chi connectivity index (χ1) is 16.6. The first-order valence-corrected chi connectivity index (χ1v) is 12.8. The Labute approximate surface area is 210 Å². The first kappa shape index (κ1) is 25.0. The third-order valence-electron chi connectivity index (χ3n) is 6.61. The molecule has 2 saturated heterocycles. The molecule has 2 N–H and O–H groups in total. The van der Waals surface area contributed by atoms with Crippen LogP contribution in [0.4, 0.5) is 10.5 Å². The molecule has 0 bridgehead atoms. The molecule has 2 aromatic carbocycles. The minimum Gasteiger partial charge on any atom is -0.343 e. The molecule has 184 valence electrons. The van der Waals surface area contributed by atoms with E-state index in [1.807, 2.05) is 42.5 Å². The fourth-order valence-corrected chi connectivity index (χ4v) is 5.26. The Kier molecular flexibility index (Phi) is 7.31. The summed E-state index contributed by atoms with van der Waals surface area (Å²) in [6, 6.07) is 15.6. The average Bonchev–Trinajstić information content (AvgIpc) is 3.15. The van der Waals surface area contributed by atoms with E-state index in [0.717, 1.165) is 41.4 Å². The van der Waals surface area contributed by atoms with Gasteiger partial charge >= 0.3 is 0 Å². The number of rotatable bonds is 5. The number of nitrogens with one attached hydrogen (secondary N) is 2. The van der Waals surface area contributed by atoms with Crippen LogP contribution in [0.15, 0.2) is 48.5 Å². The molecule has 35 heavy (non-hydrogen) atoms. The summed E-state index contributed by atoms with van der Waals surface area (Å²) < 4.78 is 0. The van der Waals surface area contributed by atoms with Gasteiger partial charge in [0.25, 0.3) is 11.1 Å². The maximum absolute atomic E-state index is 12.8. The van der Waals surface area contributed by atoms with Crippen molar-refractivity contribution in [2.45, 2.75) is 56.6 Å². The van der Waals surface area contributed by atoms with Crippen molar-refractivity contribution in [3.05, 3.63) is 65.2 Å². The molecule has 8 heteroatoms. The molecule has 0 spiro atoms. The molecule has 0 saturated carbocycles. The van der Waals surface area contributed by atoms with Crippen LogP contribution in [0, 0.1) is 0 Å². The van der Waals surface area contributed by atoms with E-state index in [1.165, 1.54) is 0 Å². The molecule has 2 aliphatic rings. The van der Waals surface area contributed by atoms with Gasteiger partial charge in [0, 0.05) is 30.8 Å². The van der Waals surface area contributed by atoms with Crippen LogP contribution in [-0.4, -0.2) is 46.2 Å². The van der Waals surface area contributed by atoms with Gasteiger partial charge in [-0.2, -0.15) is 0 Å². The van der Waals surface area contributed by atoms with Gasteiger partial charge in [-0.25, -0.2) is 0 Å². The van der Waals surface area contributed by atoms with Crippen LogP contribution in [0.1, 0.15) is 67.4 Å². The number of imide groups is 1. The number of carbonyl (C=O) groups is 4. The quantitative estimate of drug-likeness (QED) is 0.630. The minimum atomic E-state index is -0.623. The molecule has 0 aromatic heterocycles. The van der Waals surface area contributed by atoms with E-state index < -0.39 is 5.25 Å². The van der Waals surface area contributed by atoms with Crippen LogP contribution in [-0.2, 0) is 15.0 Å². The predicted octanol–water partition coefficient (Wildman–Crippen LogP) is 4.68. The van der Waals surface area contributed by atoms with E-state index in [4.69, 9.17) is 0 Å². The van der Waals surface area contributed by atoms with Crippen molar-refractivity contribution in [3.8, 4) is 0 Å². The van der Waals surface area contributed by atoms with E-state index in [0.29, 0.717) is 24.6 Å². The fraction of sp³-hybridized carbons (Fsp3) is 0.407. The normalized spacial score (nSPS) is 18.9. The molecular weight excluding hydrogens is 462 g/mol. The molecule has 2 aromatic rings. The summed E-state index contributed by atoms with van der Waals surface area (Å²) in [4.78, 5) is 50.1. The fourth-order valence-electron chi connectivity index (χ4n) is 4.45. The van der Waals surface area contributed by atoms with Crippen molar-refractivity contribution in [1.29, 1.82) is 0 Å². The Morgan fingerprint density at radius 3 is 2.34 bits per heavy atom. The van der Waals surface area contributed by atoms with Gasteiger partial charge in [-0.05, 0) is 59.6 Å². The summed E-state index contributed by atoms with van der Waals surface area (Å²) in [6.07, 6.45) is 1.69. The lowest BCUT2D eigenvalue weighted by molar-refractivity contribution is -0.133. The zero-order valence-corrected chi connectivity index (χ0v) is 21.1. The van der Waals surface area contributed by atoms with Gasteiger partial charge in [0.1, 0.15) is 5.25 Å². The standard InChI is InChI=1S/C27H31N3O4S/c1-27(2,3)20-5-4-6-21(15-20)28-24(32)19-9-7-17(8-10-19)18-11-13-30(14-12-18)23(31)16-22-25(33)29-26(34)35-22/h4-10,15,18,22H,11-14,16H2,1-3H3,(H,28,32)(H,29,33,34). The van der Waals surface area contributed by atoms with E-state index in [9.17, 15) is 19.2 Å². The highest BCUT2D eigenvalue weighted by atomic mass is 32.2. The number of likely N-dealkylation sites (tertiary alicyclic amines) is 1. The van der Waals surface area contributed by atoms with Crippen LogP contribution in [0.3, 0.4) is 0 Å². The maximum atomic E-state index is 12.8. The summed E-state index contributed by atoms with van der Waals surface area (Å²) in [7, 11) is 0. The molecule has 2 heterocycles.